The maximum absolute atomic E-state index is 12.2. The van der Waals surface area contributed by atoms with Crippen molar-refractivity contribution in [1.29, 1.82) is 0 Å². The molecule has 6 nitrogen and oxygen atoms in total. The Balaban J connectivity index is 2.17. The van der Waals surface area contributed by atoms with Crippen molar-refractivity contribution in [1.82, 2.24) is 9.78 Å². The van der Waals surface area contributed by atoms with Gasteiger partial charge in [-0.2, -0.15) is 5.10 Å². The number of hydrogen-bond donors (Lipinski definition) is 1. The number of rotatable bonds is 5. The van der Waals surface area contributed by atoms with E-state index in [4.69, 9.17) is 9.47 Å². The minimum atomic E-state index is -0.247. The van der Waals surface area contributed by atoms with E-state index < -0.39 is 0 Å². The van der Waals surface area contributed by atoms with E-state index in [9.17, 15) is 4.79 Å². The molecule has 2 rings (SSSR count). The van der Waals surface area contributed by atoms with E-state index in [1.54, 1.807) is 49.3 Å². The van der Waals surface area contributed by atoms with Crippen LogP contribution >= 0.6 is 0 Å². The molecule has 1 amide bonds. The van der Waals surface area contributed by atoms with E-state index in [0.717, 1.165) is 0 Å². The lowest BCUT2D eigenvalue weighted by Crippen LogP contribution is -2.13. The summed E-state index contributed by atoms with van der Waals surface area (Å²) in [6.07, 6.45) is 1.79. The van der Waals surface area contributed by atoms with Crippen molar-refractivity contribution < 1.29 is 14.3 Å². The molecule has 21 heavy (non-hydrogen) atoms. The second-order valence-corrected chi connectivity index (χ2v) is 4.86. The third-order valence-electron chi connectivity index (χ3n) is 2.74. The Kier molecular flexibility index (Phi) is 4.47. The van der Waals surface area contributed by atoms with Gasteiger partial charge in [0.2, 0.25) is 0 Å². The summed E-state index contributed by atoms with van der Waals surface area (Å²) in [6.45, 7) is 3.86. The number of nitrogens with zero attached hydrogens (tertiary/aromatic N) is 2. The zero-order valence-corrected chi connectivity index (χ0v) is 12.6. The van der Waals surface area contributed by atoms with Crippen LogP contribution in [0.15, 0.2) is 30.5 Å². The first-order valence-corrected chi connectivity index (χ1v) is 6.65. The van der Waals surface area contributed by atoms with Crippen molar-refractivity contribution >= 4 is 11.7 Å². The van der Waals surface area contributed by atoms with Gasteiger partial charge in [-0.25, -0.2) is 0 Å². The molecule has 0 atom stereocenters. The number of ether oxygens (including phenoxy) is 2. The number of benzene rings is 1. The van der Waals surface area contributed by atoms with E-state index in [2.05, 4.69) is 10.4 Å². The van der Waals surface area contributed by atoms with Crippen molar-refractivity contribution in [3.05, 3.63) is 36.0 Å². The van der Waals surface area contributed by atoms with Crippen LogP contribution in [0.5, 0.6) is 11.5 Å². The van der Waals surface area contributed by atoms with Crippen LogP contribution in [0.2, 0.25) is 0 Å². The molecule has 0 spiro atoms. The smallest absolute Gasteiger partial charge is 0.257 e. The molecule has 0 bridgehead atoms. The monoisotopic (exact) mass is 289 g/mol. The van der Waals surface area contributed by atoms with E-state index >= 15 is 0 Å². The molecule has 1 N–H and O–H groups in total. The van der Waals surface area contributed by atoms with Crippen molar-refractivity contribution in [2.24, 2.45) is 7.05 Å². The molecular weight excluding hydrogens is 270 g/mol. The normalized spacial score (nSPS) is 10.5. The lowest BCUT2D eigenvalue weighted by Gasteiger charge is -2.14. The predicted molar refractivity (Wildman–Crippen MR) is 79.9 cm³/mol. The van der Waals surface area contributed by atoms with Gasteiger partial charge in [-0.3, -0.25) is 9.48 Å². The number of hydrogen-bond acceptors (Lipinski definition) is 4. The summed E-state index contributed by atoms with van der Waals surface area (Å²) in [5.74, 6) is 1.39. The zero-order valence-electron chi connectivity index (χ0n) is 12.6. The summed E-state index contributed by atoms with van der Waals surface area (Å²) >= 11 is 0. The Morgan fingerprint density at radius 1 is 1.29 bits per heavy atom. The molecule has 0 saturated heterocycles. The highest BCUT2D eigenvalue weighted by atomic mass is 16.5. The number of carbonyl (C=O) groups is 1. The molecule has 0 aliphatic heterocycles. The second kappa shape index (κ2) is 6.30. The number of methoxy groups -OCH3 is 1. The highest BCUT2D eigenvalue weighted by Gasteiger charge is 2.13. The summed E-state index contributed by atoms with van der Waals surface area (Å²) in [5, 5.41) is 6.83. The maximum Gasteiger partial charge on any atom is 0.257 e. The van der Waals surface area contributed by atoms with Crippen molar-refractivity contribution in [2.45, 2.75) is 20.0 Å². The molecule has 0 unspecified atom stereocenters. The van der Waals surface area contributed by atoms with E-state index in [-0.39, 0.29) is 12.0 Å². The topological polar surface area (TPSA) is 65.4 Å². The van der Waals surface area contributed by atoms with Gasteiger partial charge in [0.15, 0.2) is 17.3 Å². The molecule has 0 saturated carbocycles. The Bertz CT molecular complexity index is 635. The number of amides is 1. The molecule has 6 heteroatoms. The lowest BCUT2D eigenvalue weighted by atomic mass is 10.2. The molecule has 0 fully saturated rings. The summed E-state index contributed by atoms with van der Waals surface area (Å²) in [7, 11) is 3.33. The average molecular weight is 289 g/mol. The number of anilines is 1. The van der Waals surface area contributed by atoms with Crippen LogP contribution in [0.4, 0.5) is 5.82 Å². The maximum atomic E-state index is 12.2. The van der Waals surface area contributed by atoms with Gasteiger partial charge < -0.3 is 14.8 Å². The van der Waals surface area contributed by atoms with Gasteiger partial charge in [0.05, 0.1) is 13.2 Å². The van der Waals surface area contributed by atoms with Gasteiger partial charge in [-0.15, -0.1) is 0 Å². The quantitative estimate of drug-likeness (QED) is 0.918. The van der Waals surface area contributed by atoms with Crippen molar-refractivity contribution in [2.75, 3.05) is 12.4 Å². The van der Waals surface area contributed by atoms with Crippen LogP contribution in [0.1, 0.15) is 24.2 Å². The summed E-state index contributed by atoms with van der Waals surface area (Å²) in [4.78, 5) is 12.2. The third kappa shape index (κ3) is 3.75. The Morgan fingerprint density at radius 2 is 2.05 bits per heavy atom. The molecular formula is C15H19N3O3. The molecule has 1 aromatic carbocycles. The molecule has 0 aliphatic carbocycles. The van der Waals surface area contributed by atoms with Crippen molar-refractivity contribution in [3.8, 4) is 11.5 Å². The van der Waals surface area contributed by atoms with Crippen LogP contribution in [0.3, 0.4) is 0 Å². The summed E-state index contributed by atoms with van der Waals surface area (Å²) < 4.78 is 12.5. The van der Waals surface area contributed by atoms with Crippen LogP contribution in [0.25, 0.3) is 0 Å². The Hall–Kier alpha value is -2.50. The van der Waals surface area contributed by atoms with Gasteiger partial charge in [-0.05, 0) is 32.0 Å². The minimum absolute atomic E-state index is 0.0343. The van der Waals surface area contributed by atoms with Gasteiger partial charge in [0.25, 0.3) is 5.91 Å². The van der Waals surface area contributed by atoms with E-state index in [1.807, 2.05) is 13.8 Å². The largest absolute Gasteiger partial charge is 0.493 e. The standard InChI is InChI=1S/C15H19N3O3/c1-10(2)21-12-6-5-11(9-13(12)20-4)15(19)16-14-7-8-18(3)17-14/h5-10H,1-4H3,(H,16,17,19). The summed E-state index contributed by atoms with van der Waals surface area (Å²) in [6, 6.07) is 6.80. The molecule has 2 aromatic rings. The van der Waals surface area contributed by atoms with Gasteiger partial charge >= 0.3 is 0 Å². The Morgan fingerprint density at radius 3 is 2.62 bits per heavy atom. The van der Waals surface area contributed by atoms with Crippen LogP contribution in [-0.2, 0) is 7.05 Å². The molecule has 0 radical (unpaired) electrons. The SMILES string of the molecule is COc1cc(C(=O)Nc2ccn(C)n2)ccc1OC(C)C. The molecule has 1 heterocycles. The number of aromatic nitrogens is 2. The van der Waals surface area contributed by atoms with Crippen LogP contribution in [0, 0.1) is 0 Å². The van der Waals surface area contributed by atoms with Gasteiger partial charge in [-0.1, -0.05) is 0 Å². The van der Waals surface area contributed by atoms with Gasteiger partial charge in [0, 0.05) is 24.9 Å². The van der Waals surface area contributed by atoms with Gasteiger partial charge in [0.1, 0.15) is 0 Å². The van der Waals surface area contributed by atoms with E-state index in [0.29, 0.717) is 22.9 Å². The number of nitrogens with one attached hydrogen (secondary N) is 1. The van der Waals surface area contributed by atoms with Crippen LogP contribution in [-0.4, -0.2) is 28.9 Å². The van der Waals surface area contributed by atoms with Crippen molar-refractivity contribution in [3.63, 3.8) is 0 Å². The first-order chi connectivity index (χ1) is 9.99. The molecule has 112 valence electrons. The highest BCUT2D eigenvalue weighted by Crippen LogP contribution is 2.29. The fraction of sp³-hybridized carbons (Fsp3) is 0.333. The second-order valence-electron chi connectivity index (χ2n) is 4.86. The number of aryl methyl sites for hydroxylation is 1. The Labute approximate surface area is 123 Å². The minimum Gasteiger partial charge on any atom is -0.493 e. The average Bonchev–Trinajstić information content (AvgIpc) is 2.83. The number of carbonyl (C=O) groups excluding carboxylic acids is 1. The third-order valence-corrected chi connectivity index (χ3v) is 2.74. The van der Waals surface area contributed by atoms with E-state index in [1.165, 1.54) is 0 Å². The highest BCUT2D eigenvalue weighted by molar-refractivity contribution is 6.04. The first kappa shape index (κ1) is 14.9. The molecule has 0 aliphatic rings. The fourth-order valence-electron chi connectivity index (χ4n) is 1.83. The predicted octanol–water partition coefficient (Wildman–Crippen LogP) is 2.47. The van der Waals surface area contributed by atoms with Crippen LogP contribution < -0.4 is 14.8 Å². The first-order valence-electron chi connectivity index (χ1n) is 6.65. The summed E-state index contributed by atoms with van der Waals surface area (Å²) in [5.41, 5.74) is 0.480. The molecule has 1 aromatic heterocycles. The fourth-order valence-corrected chi connectivity index (χ4v) is 1.83. The zero-order chi connectivity index (χ0) is 15.4. The lowest BCUT2D eigenvalue weighted by molar-refractivity contribution is 0.102.